The Morgan fingerprint density at radius 1 is 0.667 bits per heavy atom. The molecule has 0 aliphatic carbocycles. The van der Waals surface area contributed by atoms with Gasteiger partial charge in [0.25, 0.3) is 5.91 Å². The van der Waals surface area contributed by atoms with Gasteiger partial charge in [-0.1, -0.05) is 60.7 Å². The third-order valence-electron chi connectivity index (χ3n) is 11.9. The fourth-order valence-electron chi connectivity index (χ4n) is 8.43. The van der Waals surface area contributed by atoms with Crippen molar-refractivity contribution in [3.05, 3.63) is 71.8 Å². The van der Waals surface area contributed by atoms with Crippen LogP contribution in [0.4, 0.5) is 9.59 Å². The second-order valence-corrected chi connectivity index (χ2v) is 18.1. The normalized spacial score (nSPS) is 26.1. The molecule has 0 radical (unpaired) electrons. The minimum absolute atomic E-state index is 0.0613. The topological polar surface area (TPSA) is 218 Å². The van der Waals surface area contributed by atoms with Gasteiger partial charge in [0.15, 0.2) is 11.6 Å². The number of carboxylic acids is 1. The number of ether oxygens (including phenoxy) is 7. The highest BCUT2D eigenvalue weighted by Gasteiger charge is 2.65. The van der Waals surface area contributed by atoms with Gasteiger partial charge < -0.3 is 58.7 Å². The lowest BCUT2D eigenvalue weighted by Crippen LogP contribution is -2.58. The molecule has 5 fully saturated rings. The van der Waals surface area contributed by atoms with Gasteiger partial charge in [0.05, 0.1) is 6.61 Å². The lowest BCUT2D eigenvalue weighted by atomic mass is 9.89. The van der Waals surface area contributed by atoms with Gasteiger partial charge in [-0.2, -0.15) is 0 Å². The molecule has 7 rings (SSSR count). The van der Waals surface area contributed by atoms with Gasteiger partial charge in [-0.25, -0.2) is 14.4 Å². The summed E-state index contributed by atoms with van der Waals surface area (Å²) in [5, 5.41) is 14.4. The first-order valence-corrected chi connectivity index (χ1v) is 21.4. The molecule has 0 aromatic heterocycles. The Morgan fingerprint density at radius 2 is 1.14 bits per heavy atom. The Balaban J connectivity index is 0.000000244. The first-order chi connectivity index (χ1) is 29.7. The Kier molecular flexibility index (Phi) is 14.5. The Hall–Kier alpha value is -5.14. The van der Waals surface area contributed by atoms with Crippen molar-refractivity contribution in [3.63, 3.8) is 0 Å². The van der Waals surface area contributed by atoms with E-state index in [1.807, 2.05) is 88.4 Å². The van der Waals surface area contributed by atoms with Crippen molar-refractivity contribution < 1.29 is 67.0 Å². The zero-order chi connectivity index (χ0) is 45.6. The van der Waals surface area contributed by atoms with Crippen LogP contribution >= 0.6 is 0 Å². The lowest BCUT2D eigenvalue weighted by molar-refractivity contribution is -0.283. The van der Waals surface area contributed by atoms with E-state index in [-0.39, 0.29) is 38.8 Å². The van der Waals surface area contributed by atoms with Crippen LogP contribution in [0.5, 0.6) is 0 Å². The molecule has 63 heavy (non-hydrogen) atoms. The zero-order valence-corrected chi connectivity index (χ0v) is 36.8. The molecule has 4 amide bonds. The summed E-state index contributed by atoms with van der Waals surface area (Å²) in [6.07, 6.45) is -0.299. The average molecular weight is 881 g/mol. The molecule has 3 N–H and O–H groups in total. The van der Waals surface area contributed by atoms with E-state index >= 15 is 0 Å². The minimum atomic E-state index is -1.45. The summed E-state index contributed by atoms with van der Waals surface area (Å²) in [5.74, 6) is -6.37. The number of aliphatic carboxylic acids is 1. The highest BCUT2D eigenvalue weighted by molar-refractivity contribution is 6.36. The van der Waals surface area contributed by atoms with Crippen molar-refractivity contribution in [2.24, 2.45) is 0 Å². The van der Waals surface area contributed by atoms with Crippen molar-refractivity contribution in [1.82, 2.24) is 20.4 Å². The Labute approximate surface area is 367 Å². The molecule has 18 nitrogen and oxygen atoms in total. The maximum atomic E-state index is 13.1. The fourth-order valence-corrected chi connectivity index (χ4v) is 8.43. The molecular weight excluding hydrogens is 821 g/mol. The highest BCUT2D eigenvalue weighted by atomic mass is 16.9. The van der Waals surface area contributed by atoms with Crippen molar-refractivity contribution in [2.75, 3.05) is 32.8 Å². The van der Waals surface area contributed by atoms with Gasteiger partial charge in [0, 0.05) is 50.1 Å². The number of hydrogen-bond donors (Lipinski definition) is 3. The first kappa shape index (κ1) is 47.3. The SMILES string of the molecule is CC1(NC(=O)OCc2ccccc2)CCN(C(=O)C(=O)CC[C@@]23OC[C@H]4OC(C)(C)O[C@H]4[C@@H]2OC(C)(C)O3)CC1.CC1(NC(=O)OCc2ccccc2)CCN(C(=O)C(=O)O)CC1. The van der Waals surface area contributed by atoms with E-state index in [1.54, 1.807) is 18.7 Å². The molecule has 18 heteroatoms. The monoisotopic (exact) mass is 880 g/mol. The van der Waals surface area contributed by atoms with Crippen LogP contribution in [-0.2, 0) is 65.5 Å². The smallest absolute Gasteiger partial charge is 0.407 e. The molecule has 4 atom stereocenters. The number of alkyl carbamates (subject to hydrolysis) is 2. The van der Waals surface area contributed by atoms with Crippen molar-refractivity contribution in [3.8, 4) is 0 Å². The highest BCUT2D eigenvalue weighted by Crippen LogP contribution is 2.49. The van der Waals surface area contributed by atoms with Crippen LogP contribution < -0.4 is 10.6 Å². The zero-order valence-electron chi connectivity index (χ0n) is 36.8. The maximum absolute atomic E-state index is 13.1. The van der Waals surface area contributed by atoms with E-state index < -0.39 is 76.4 Å². The molecule has 0 bridgehead atoms. The van der Waals surface area contributed by atoms with Crippen LogP contribution in [0.3, 0.4) is 0 Å². The van der Waals surface area contributed by atoms with E-state index in [0.29, 0.717) is 51.9 Å². The molecule has 0 unspecified atom stereocenters. The van der Waals surface area contributed by atoms with Gasteiger partial charge >= 0.3 is 24.1 Å². The fraction of sp³-hybridized carbons (Fsp3) is 0.600. The Morgan fingerprint density at radius 3 is 1.62 bits per heavy atom. The number of carbonyl (C=O) groups excluding carboxylic acids is 5. The summed E-state index contributed by atoms with van der Waals surface area (Å²) in [6, 6.07) is 18.8. The minimum Gasteiger partial charge on any atom is -0.474 e. The van der Waals surface area contributed by atoms with Crippen LogP contribution in [0, 0.1) is 0 Å². The number of fused-ring (bicyclic) bond motifs is 3. The number of carboxylic acid groups (broad SMARTS) is 1. The molecule has 2 aromatic rings. The van der Waals surface area contributed by atoms with Crippen molar-refractivity contribution >= 4 is 35.8 Å². The molecule has 2 aromatic carbocycles. The van der Waals surface area contributed by atoms with Gasteiger partial charge in [0.2, 0.25) is 11.6 Å². The number of rotatable bonds is 10. The third kappa shape index (κ3) is 12.3. The molecule has 5 aliphatic heterocycles. The van der Waals surface area contributed by atoms with Crippen LogP contribution in [0.25, 0.3) is 0 Å². The predicted octanol–water partition coefficient (Wildman–Crippen LogP) is 4.42. The lowest BCUT2D eigenvalue weighted by Gasteiger charge is -2.41. The van der Waals surface area contributed by atoms with Gasteiger partial charge in [-0.05, 0) is 78.4 Å². The van der Waals surface area contributed by atoms with Crippen molar-refractivity contribution in [2.45, 2.75) is 140 Å². The van der Waals surface area contributed by atoms with E-state index in [4.69, 9.17) is 38.3 Å². The van der Waals surface area contributed by atoms with E-state index in [0.717, 1.165) is 11.1 Å². The molecule has 0 spiro atoms. The number of hydrogen-bond acceptors (Lipinski definition) is 13. The average Bonchev–Trinajstić information content (AvgIpc) is 3.72. The molecule has 5 aliphatic rings. The van der Waals surface area contributed by atoms with E-state index in [2.05, 4.69) is 10.6 Å². The second kappa shape index (κ2) is 19.3. The van der Waals surface area contributed by atoms with Gasteiger partial charge in [-0.3, -0.25) is 14.4 Å². The summed E-state index contributed by atoms with van der Waals surface area (Å²) in [4.78, 5) is 75.3. The van der Waals surface area contributed by atoms with Crippen LogP contribution in [0.15, 0.2) is 60.7 Å². The summed E-state index contributed by atoms with van der Waals surface area (Å²) in [5.41, 5.74) is 0.749. The largest absolute Gasteiger partial charge is 0.474 e. The summed E-state index contributed by atoms with van der Waals surface area (Å²) in [6.45, 7) is 12.9. The van der Waals surface area contributed by atoms with Crippen molar-refractivity contribution in [1.29, 1.82) is 0 Å². The quantitative estimate of drug-likeness (QED) is 0.282. The van der Waals surface area contributed by atoms with Crippen LogP contribution in [0.1, 0.15) is 91.2 Å². The molecule has 5 saturated heterocycles. The number of nitrogens with one attached hydrogen (secondary N) is 2. The number of piperidine rings is 2. The summed E-state index contributed by atoms with van der Waals surface area (Å²) < 4.78 is 41.1. The summed E-state index contributed by atoms with van der Waals surface area (Å²) >= 11 is 0. The summed E-state index contributed by atoms with van der Waals surface area (Å²) in [7, 11) is 0. The number of nitrogens with zero attached hydrogens (tertiary/aromatic N) is 2. The van der Waals surface area contributed by atoms with E-state index in [9.17, 15) is 28.8 Å². The number of likely N-dealkylation sites (tertiary alicyclic amines) is 2. The third-order valence-corrected chi connectivity index (χ3v) is 11.9. The standard InChI is InChI=1S/C29H40N2O9.C16H20N2O5/c1-26(2)37-21-18-36-29(23(22(21)38-26)39-27(3,4)40-29)12-11-20(32)24(33)31-15-13-28(5,14-16-31)30-25(34)35-17-19-9-7-6-8-10-19;1-16(7-9-18(10-8-16)13(19)14(20)21)17-15(22)23-11-12-5-3-2-4-6-12/h6-10,21-23H,11-18H2,1-5H3,(H,30,34);2-6H,7-11H2,1H3,(H,17,22)(H,20,21)/t21-,22-,23+,29+;/m1./s1. The number of Topliss-reactive ketones (excluding diaryl/α,β-unsaturated/α-hetero) is 1. The molecule has 5 heterocycles. The number of amides is 4. The first-order valence-electron chi connectivity index (χ1n) is 21.4. The van der Waals surface area contributed by atoms with Gasteiger partial charge in [-0.15, -0.1) is 0 Å². The van der Waals surface area contributed by atoms with Crippen LogP contribution in [0.2, 0.25) is 0 Å². The van der Waals surface area contributed by atoms with E-state index in [1.165, 1.54) is 4.90 Å². The number of carbonyl (C=O) groups is 6. The molecule has 344 valence electrons. The second-order valence-electron chi connectivity index (χ2n) is 18.1. The molecule has 0 saturated carbocycles. The van der Waals surface area contributed by atoms with Gasteiger partial charge in [0.1, 0.15) is 31.5 Å². The molecular formula is C45H60N4O14. The Bertz CT molecular complexity index is 1960. The predicted molar refractivity (Wildman–Crippen MR) is 222 cm³/mol. The van der Waals surface area contributed by atoms with Crippen LogP contribution in [-0.4, -0.2) is 130 Å². The maximum Gasteiger partial charge on any atom is 0.407 e. The number of benzene rings is 2. The number of ketones is 1.